The molecule has 0 aromatic heterocycles. The van der Waals surface area contributed by atoms with Gasteiger partial charge in [-0.2, -0.15) is 0 Å². The van der Waals surface area contributed by atoms with E-state index in [9.17, 15) is 4.79 Å². The van der Waals surface area contributed by atoms with Crippen molar-refractivity contribution in [1.82, 2.24) is 10.6 Å². The molecule has 1 aliphatic heterocycles. The van der Waals surface area contributed by atoms with Crippen LogP contribution in [-0.4, -0.2) is 24.5 Å². The second-order valence-corrected chi connectivity index (χ2v) is 5.47. The monoisotopic (exact) mass is 224 g/mol. The quantitative estimate of drug-likeness (QED) is 0.751. The molecule has 3 heteroatoms. The van der Waals surface area contributed by atoms with Crippen LogP contribution in [0.5, 0.6) is 0 Å². The number of hydrogen-bond donors (Lipinski definition) is 2. The summed E-state index contributed by atoms with van der Waals surface area (Å²) in [4.78, 5) is 12.0. The molecule has 1 saturated carbocycles. The Labute approximate surface area is 98.4 Å². The molecule has 2 aliphatic rings. The van der Waals surface area contributed by atoms with Gasteiger partial charge < -0.3 is 10.6 Å². The summed E-state index contributed by atoms with van der Waals surface area (Å²) >= 11 is 0. The van der Waals surface area contributed by atoms with E-state index < -0.39 is 0 Å². The minimum atomic E-state index is 0.0769. The van der Waals surface area contributed by atoms with Gasteiger partial charge in [0.05, 0.1) is 6.04 Å². The van der Waals surface area contributed by atoms with Gasteiger partial charge in [0.15, 0.2) is 0 Å². The predicted octanol–water partition coefficient (Wildman–Crippen LogP) is 1.82. The van der Waals surface area contributed by atoms with Crippen LogP contribution in [0, 0.1) is 5.92 Å². The lowest BCUT2D eigenvalue weighted by molar-refractivity contribution is -0.124. The maximum Gasteiger partial charge on any atom is 0.237 e. The van der Waals surface area contributed by atoms with Crippen LogP contribution in [0.2, 0.25) is 0 Å². The predicted molar refractivity (Wildman–Crippen MR) is 65.2 cm³/mol. The summed E-state index contributed by atoms with van der Waals surface area (Å²) in [6.07, 6.45) is 8.28. The Morgan fingerprint density at radius 3 is 2.50 bits per heavy atom. The van der Waals surface area contributed by atoms with Crippen molar-refractivity contribution in [1.29, 1.82) is 0 Å². The number of hydrogen-bond acceptors (Lipinski definition) is 2. The molecule has 1 aliphatic carbocycles. The molecule has 1 amide bonds. The number of rotatable bonds is 2. The molecule has 0 bridgehead atoms. The highest BCUT2D eigenvalue weighted by Gasteiger charge is 2.24. The van der Waals surface area contributed by atoms with Crippen LogP contribution in [0.25, 0.3) is 0 Å². The van der Waals surface area contributed by atoms with E-state index >= 15 is 0 Å². The molecule has 16 heavy (non-hydrogen) atoms. The lowest BCUT2D eigenvalue weighted by Gasteiger charge is -2.30. The largest absolute Gasteiger partial charge is 0.352 e. The average Bonchev–Trinajstić information content (AvgIpc) is 2.33. The summed E-state index contributed by atoms with van der Waals surface area (Å²) in [6, 6.07) is 0.514. The third-order valence-corrected chi connectivity index (χ3v) is 3.99. The highest BCUT2D eigenvalue weighted by molar-refractivity contribution is 5.82. The van der Waals surface area contributed by atoms with E-state index in [0.717, 1.165) is 18.9 Å². The molecule has 3 nitrogen and oxygen atoms in total. The van der Waals surface area contributed by atoms with Crippen LogP contribution in [-0.2, 0) is 4.79 Å². The molecule has 0 spiro atoms. The average molecular weight is 224 g/mol. The Morgan fingerprint density at radius 2 is 1.88 bits per heavy atom. The zero-order valence-electron chi connectivity index (χ0n) is 10.3. The van der Waals surface area contributed by atoms with Gasteiger partial charge in [0.1, 0.15) is 0 Å². The zero-order valence-corrected chi connectivity index (χ0v) is 10.3. The molecule has 2 N–H and O–H groups in total. The third-order valence-electron chi connectivity index (χ3n) is 3.99. The molecule has 1 atom stereocenters. The summed E-state index contributed by atoms with van der Waals surface area (Å²) in [7, 11) is 0. The van der Waals surface area contributed by atoms with Crippen molar-refractivity contribution in [2.24, 2.45) is 5.92 Å². The van der Waals surface area contributed by atoms with E-state index in [0.29, 0.717) is 6.04 Å². The van der Waals surface area contributed by atoms with Crippen LogP contribution in [0.1, 0.15) is 51.9 Å². The fraction of sp³-hybridized carbons (Fsp3) is 0.923. The van der Waals surface area contributed by atoms with Gasteiger partial charge in [0, 0.05) is 6.04 Å². The molecule has 0 unspecified atom stereocenters. The molecule has 2 rings (SSSR count). The van der Waals surface area contributed by atoms with E-state index in [2.05, 4.69) is 17.6 Å². The van der Waals surface area contributed by atoms with Gasteiger partial charge in [0.2, 0.25) is 5.91 Å². The molecule has 1 heterocycles. The number of amides is 1. The number of nitrogens with one attached hydrogen (secondary N) is 2. The maximum absolute atomic E-state index is 12.0. The second-order valence-electron chi connectivity index (χ2n) is 5.47. The minimum absolute atomic E-state index is 0.0769. The molecule has 0 radical (unpaired) electrons. The summed E-state index contributed by atoms with van der Waals surface area (Å²) < 4.78 is 0. The second kappa shape index (κ2) is 5.67. The first-order valence-electron chi connectivity index (χ1n) is 6.79. The van der Waals surface area contributed by atoms with Crippen molar-refractivity contribution >= 4 is 5.91 Å². The van der Waals surface area contributed by atoms with E-state index in [-0.39, 0.29) is 11.9 Å². The Hall–Kier alpha value is -0.570. The van der Waals surface area contributed by atoms with E-state index in [4.69, 9.17) is 0 Å². The Kier molecular flexibility index (Phi) is 4.22. The Bertz CT molecular complexity index is 228. The lowest BCUT2D eigenvalue weighted by atomic mass is 9.87. The minimum Gasteiger partial charge on any atom is -0.352 e. The van der Waals surface area contributed by atoms with Crippen LogP contribution in [0.3, 0.4) is 0 Å². The lowest BCUT2D eigenvalue weighted by Crippen LogP contribution is -2.50. The standard InChI is InChI=1S/C13H24N2O/c1-10-5-7-11(8-6-10)15-13(16)12-4-2-3-9-14-12/h10-12,14H,2-9H2,1H3,(H,15,16)/t10?,11?,12-/m1/s1. The highest BCUT2D eigenvalue weighted by atomic mass is 16.2. The van der Waals surface area contributed by atoms with Crippen LogP contribution in [0.4, 0.5) is 0 Å². The molecule has 0 aromatic rings. The summed E-state index contributed by atoms with van der Waals surface area (Å²) in [5.41, 5.74) is 0. The van der Waals surface area contributed by atoms with E-state index in [1.807, 2.05) is 0 Å². The first-order valence-corrected chi connectivity index (χ1v) is 6.79. The van der Waals surface area contributed by atoms with Crippen LogP contribution >= 0.6 is 0 Å². The van der Waals surface area contributed by atoms with Gasteiger partial charge in [0.25, 0.3) is 0 Å². The fourth-order valence-electron chi connectivity index (χ4n) is 2.78. The fourth-order valence-corrected chi connectivity index (χ4v) is 2.78. The first-order chi connectivity index (χ1) is 7.75. The first kappa shape index (κ1) is 11.9. The van der Waals surface area contributed by atoms with Gasteiger partial charge in [-0.3, -0.25) is 4.79 Å². The smallest absolute Gasteiger partial charge is 0.237 e. The molecule has 92 valence electrons. The summed E-state index contributed by atoms with van der Waals surface area (Å²) in [5.74, 6) is 1.08. The van der Waals surface area contributed by atoms with Gasteiger partial charge in [-0.05, 0) is 51.0 Å². The molecule has 2 fully saturated rings. The molecule has 0 aromatic carbocycles. The van der Waals surface area contributed by atoms with Crippen LogP contribution in [0.15, 0.2) is 0 Å². The number of carbonyl (C=O) groups excluding carboxylic acids is 1. The molecular formula is C13H24N2O. The van der Waals surface area contributed by atoms with Crippen molar-refractivity contribution in [3.05, 3.63) is 0 Å². The maximum atomic E-state index is 12.0. The third kappa shape index (κ3) is 3.21. The Balaban J connectivity index is 1.73. The van der Waals surface area contributed by atoms with Crippen molar-refractivity contribution in [3.8, 4) is 0 Å². The van der Waals surface area contributed by atoms with Gasteiger partial charge in [-0.15, -0.1) is 0 Å². The van der Waals surface area contributed by atoms with Gasteiger partial charge in [-0.1, -0.05) is 13.3 Å². The zero-order chi connectivity index (χ0) is 11.4. The van der Waals surface area contributed by atoms with Gasteiger partial charge >= 0.3 is 0 Å². The van der Waals surface area contributed by atoms with Crippen molar-refractivity contribution in [3.63, 3.8) is 0 Å². The van der Waals surface area contributed by atoms with Crippen molar-refractivity contribution in [2.45, 2.75) is 64.0 Å². The topological polar surface area (TPSA) is 41.1 Å². The van der Waals surface area contributed by atoms with Gasteiger partial charge in [-0.25, -0.2) is 0 Å². The molecular weight excluding hydrogens is 200 g/mol. The summed E-state index contributed by atoms with van der Waals surface area (Å²) in [5, 5.41) is 6.51. The van der Waals surface area contributed by atoms with E-state index in [1.165, 1.54) is 38.5 Å². The number of carbonyl (C=O) groups is 1. The normalized spacial score (nSPS) is 35.7. The number of piperidine rings is 1. The van der Waals surface area contributed by atoms with E-state index in [1.54, 1.807) is 0 Å². The SMILES string of the molecule is CC1CCC(NC(=O)[C@H]2CCCCN2)CC1. The molecule has 1 saturated heterocycles. The summed E-state index contributed by atoms with van der Waals surface area (Å²) in [6.45, 7) is 3.31. The van der Waals surface area contributed by atoms with Crippen molar-refractivity contribution in [2.75, 3.05) is 6.54 Å². The van der Waals surface area contributed by atoms with Crippen molar-refractivity contribution < 1.29 is 4.79 Å². The van der Waals surface area contributed by atoms with Crippen LogP contribution < -0.4 is 10.6 Å². The highest BCUT2D eigenvalue weighted by Crippen LogP contribution is 2.23. The Morgan fingerprint density at radius 1 is 1.12 bits per heavy atom.